The Kier molecular flexibility index (Phi) is 6.18. The van der Waals surface area contributed by atoms with Crippen LogP contribution in [0.2, 0.25) is 0 Å². The van der Waals surface area contributed by atoms with Gasteiger partial charge in [-0.15, -0.1) is 0 Å². The topological polar surface area (TPSA) is 119 Å². The number of fused-ring (bicyclic) bond motifs is 1. The van der Waals surface area contributed by atoms with Gasteiger partial charge in [-0.05, 0) is 60.2 Å². The summed E-state index contributed by atoms with van der Waals surface area (Å²) in [6, 6.07) is 16.1. The molecular weight excluding hydrogens is 458 g/mol. The third-order valence-corrected chi connectivity index (χ3v) is 6.86. The molecule has 3 N–H and O–H groups in total. The van der Waals surface area contributed by atoms with Gasteiger partial charge in [-0.1, -0.05) is 6.07 Å². The van der Waals surface area contributed by atoms with E-state index in [1.54, 1.807) is 26.4 Å². The highest BCUT2D eigenvalue weighted by Crippen LogP contribution is 2.37. The van der Waals surface area contributed by atoms with E-state index in [1.165, 1.54) is 29.7 Å². The predicted octanol–water partition coefficient (Wildman–Crippen LogP) is 3.78. The van der Waals surface area contributed by atoms with Crippen LogP contribution in [-0.2, 0) is 17.1 Å². The predicted molar refractivity (Wildman–Crippen MR) is 128 cm³/mol. The van der Waals surface area contributed by atoms with E-state index < -0.39 is 15.9 Å². The van der Waals surface area contributed by atoms with Gasteiger partial charge in [0.25, 0.3) is 15.9 Å². The van der Waals surface area contributed by atoms with Gasteiger partial charge in [0.2, 0.25) is 0 Å². The number of nitrogens with one attached hydrogen (secondary N) is 2. The SMILES string of the molecule is COc1ccc(-c2cn(C)c3ccc(NS(=O)(=O)c4ccc(C(=O)NO)cc4)cc23)cc1OC. The number of sulfonamides is 1. The van der Waals surface area contributed by atoms with E-state index in [2.05, 4.69) is 4.72 Å². The Bertz CT molecular complexity index is 1480. The highest BCUT2D eigenvalue weighted by atomic mass is 32.2. The third-order valence-electron chi connectivity index (χ3n) is 5.46. The molecule has 0 fully saturated rings. The van der Waals surface area contributed by atoms with Crippen LogP contribution in [-0.4, -0.2) is 38.3 Å². The summed E-state index contributed by atoms with van der Waals surface area (Å²) in [5, 5.41) is 9.57. The molecule has 0 saturated heterocycles. The van der Waals surface area contributed by atoms with E-state index in [0.717, 1.165) is 22.0 Å². The molecule has 4 rings (SSSR count). The van der Waals surface area contributed by atoms with E-state index in [9.17, 15) is 13.2 Å². The Balaban J connectivity index is 1.71. The summed E-state index contributed by atoms with van der Waals surface area (Å²) in [6.45, 7) is 0. The van der Waals surface area contributed by atoms with Crippen LogP contribution in [0.5, 0.6) is 11.5 Å². The normalized spacial score (nSPS) is 11.3. The van der Waals surface area contributed by atoms with Crippen LogP contribution in [0.4, 0.5) is 5.69 Å². The molecule has 0 radical (unpaired) electrons. The fraction of sp³-hybridized carbons (Fsp3) is 0.125. The number of carbonyl (C=O) groups is 1. The number of hydrogen-bond donors (Lipinski definition) is 3. The van der Waals surface area contributed by atoms with Gasteiger partial charge in [-0.25, -0.2) is 13.9 Å². The lowest BCUT2D eigenvalue weighted by Gasteiger charge is -2.11. The fourth-order valence-electron chi connectivity index (χ4n) is 3.75. The summed E-state index contributed by atoms with van der Waals surface area (Å²) >= 11 is 0. The maximum atomic E-state index is 12.9. The van der Waals surface area contributed by atoms with Gasteiger partial charge >= 0.3 is 0 Å². The van der Waals surface area contributed by atoms with Gasteiger partial charge < -0.3 is 14.0 Å². The zero-order chi connectivity index (χ0) is 24.5. The summed E-state index contributed by atoms with van der Waals surface area (Å²) in [5.74, 6) is 0.476. The molecule has 4 aromatic rings. The summed E-state index contributed by atoms with van der Waals surface area (Å²) in [6.07, 6.45) is 1.97. The van der Waals surface area contributed by atoms with Crippen molar-refractivity contribution >= 4 is 32.5 Å². The molecule has 0 unspecified atom stereocenters. The lowest BCUT2D eigenvalue weighted by atomic mass is 10.0. The van der Waals surface area contributed by atoms with E-state index in [-0.39, 0.29) is 10.5 Å². The molecule has 0 aliphatic heterocycles. The smallest absolute Gasteiger partial charge is 0.274 e. The second kappa shape index (κ2) is 9.08. The van der Waals surface area contributed by atoms with Gasteiger partial charge in [0.15, 0.2) is 11.5 Å². The number of aromatic nitrogens is 1. The van der Waals surface area contributed by atoms with Crippen molar-refractivity contribution in [2.75, 3.05) is 18.9 Å². The number of aryl methyl sites for hydroxylation is 1. The van der Waals surface area contributed by atoms with Crippen LogP contribution in [0, 0.1) is 0 Å². The van der Waals surface area contributed by atoms with Gasteiger partial charge in [0.05, 0.1) is 19.1 Å². The Hall–Kier alpha value is -4.02. The van der Waals surface area contributed by atoms with Crippen molar-refractivity contribution in [3.05, 3.63) is 72.4 Å². The lowest BCUT2D eigenvalue weighted by molar-refractivity contribution is 0.0706. The minimum atomic E-state index is -3.91. The average Bonchev–Trinajstić information content (AvgIpc) is 3.18. The number of hydrogen-bond acceptors (Lipinski definition) is 6. The number of amides is 1. The van der Waals surface area contributed by atoms with Crippen LogP contribution in [0.25, 0.3) is 22.0 Å². The molecule has 0 aliphatic rings. The van der Waals surface area contributed by atoms with Crippen LogP contribution in [0.1, 0.15) is 10.4 Å². The molecule has 0 saturated carbocycles. The molecule has 176 valence electrons. The fourth-order valence-corrected chi connectivity index (χ4v) is 4.80. The molecule has 1 amide bonds. The Morgan fingerprint density at radius 3 is 2.29 bits per heavy atom. The largest absolute Gasteiger partial charge is 0.493 e. The van der Waals surface area contributed by atoms with E-state index >= 15 is 0 Å². The maximum absolute atomic E-state index is 12.9. The van der Waals surface area contributed by atoms with Crippen molar-refractivity contribution in [3.63, 3.8) is 0 Å². The first-order valence-corrected chi connectivity index (χ1v) is 11.6. The zero-order valence-electron chi connectivity index (χ0n) is 18.7. The molecule has 9 nitrogen and oxygen atoms in total. The Morgan fingerprint density at radius 1 is 0.941 bits per heavy atom. The van der Waals surface area contributed by atoms with E-state index in [0.29, 0.717) is 17.2 Å². The number of anilines is 1. The monoisotopic (exact) mass is 481 g/mol. The Morgan fingerprint density at radius 2 is 1.65 bits per heavy atom. The van der Waals surface area contributed by atoms with Crippen LogP contribution < -0.4 is 19.7 Å². The third kappa shape index (κ3) is 4.28. The van der Waals surface area contributed by atoms with Gasteiger partial charge in [0, 0.05) is 41.0 Å². The van der Waals surface area contributed by atoms with Crippen LogP contribution in [0.15, 0.2) is 71.8 Å². The molecule has 10 heteroatoms. The number of benzene rings is 3. The summed E-state index contributed by atoms with van der Waals surface area (Å²) in [5.41, 5.74) is 4.74. The maximum Gasteiger partial charge on any atom is 0.274 e. The van der Waals surface area contributed by atoms with E-state index in [4.69, 9.17) is 14.7 Å². The molecule has 34 heavy (non-hydrogen) atoms. The zero-order valence-corrected chi connectivity index (χ0v) is 19.5. The second-order valence-corrected chi connectivity index (χ2v) is 9.21. The quantitative estimate of drug-likeness (QED) is 0.273. The molecule has 0 spiro atoms. The molecular formula is C24H23N3O6S. The first-order valence-electron chi connectivity index (χ1n) is 10.2. The summed E-state index contributed by atoms with van der Waals surface area (Å²) in [4.78, 5) is 11.5. The highest BCUT2D eigenvalue weighted by Gasteiger charge is 2.17. The van der Waals surface area contributed by atoms with Crippen molar-refractivity contribution in [1.82, 2.24) is 10.0 Å². The summed E-state index contributed by atoms with van der Waals surface area (Å²) < 4.78 is 41.1. The molecule has 0 bridgehead atoms. The minimum absolute atomic E-state index is 0.0183. The van der Waals surface area contributed by atoms with Gasteiger partial charge in [-0.2, -0.15) is 0 Å². The first-order chi connectivity index (χ1) is 16.3. The van der Waals surface area contributed by atoms with Crippen molar-refractivity contribution in [1.29, 1.82) is 0 Å². The van der Waals surface area contributed by atoms with Crippen molar-refractivity contribution in [2.24, 2.45) is 7.05 Å². The number of nitrogens with zero attached hydrogens (tertiary/aromatic N) is 1. The van der Waals surface area contributed by atoms with Crippen molar-refractivity contribution < 1.29 is 27.9 Å². The molecule has 0 aliphatic carbocycles. The summed E-state index contributed by atoms with van der Waals surface area (Å²) in [7, 11) is 1.15. The number of methoxy groups -OCH3 is 2. The number of hydroxylamine groups is 1. The molecule has 1 heterocycles. The molecule has 0 atom stereocenters. The lowest BCUT2D eigenvalue weighted by Crippen LogP contribution is -2.19. The van der Waals surface area contributed by atoms with Crippen LogP contribution in [0.3, 0.4) is 0 Å². The average molecular weight is 482 g/mol. The van der Waals surface area contributed by atoms with Gasteiger partial charge in [0.1, 0.15) is 0 Å². The second-order valence-electron chi connectivity index (χ2n) is 7.53. The standard InChI is InChI=1S/C24H23N3O6S/c1-27-14-20(16-6-11-22(32-2)23(12-16)33-3)19-13-17(7-10-21(19)27)26-34(30,31)18-8-4-15(5-9-18)24(28)25-29/h4-14,26,29H,1-3H3,(H,25,28). The van der Waals surface area contributed by atoms with Crippen molar-refractivity contribution in [3.8, 4) is 22.6 Å². The number of rotatable bonds is 7. The van der Waals surface area contributed by atoms with Gasteiger partial charge in [-0.3, -0.25) is 14.7 Å². The van der Waals surface area contributed by atoms with Crippen LogP contribution >= 0.6 is 0 Å². The highest BCUT2D eigenvalue weighted by molar-refractivity contribution is 7.92. The molecule has 1 aromatic heterocycles. The number of carbonyl (C=O) groups excluding carboxylic acids is 1. The van der Waals surface area contributed by atoms with E-state index in [1.807, 2.05) is 42.1 Å². The molecule has 3 aromatic carbocycles. The first kappa shape index (κ1) is 23.1. The number of ether oxygens (including phenoxy) is 2. The minimum Gasteiger partial charge on any atom is -0.493 e. The Labute approximate surface area is 196 Å². The van der Waals surface area contributed by atoms with Crippen molar-refractivity contribution in [2.45, 2.75) is 4.90 Å².